The molecule has 0 spiro atoms. The van der Waals surface area contributed by atoms with Gasteiger partial charge in [-0.2, -0.15) is 0 Å². The normalized spacial score (nSPS) is 10.8. The highest BCUT2D eigenvalue weighted by Gasteiger charge is 2.04. The highest BCUT2D eigenvalue weighted by atomic mass is 15.0. The van der Waals surface area contributed by atoms with Crippen LogP contribution in [-0.4, -0.2) is 4.57 Å². The number of nitrogens with zero attached hydrogens (tertiary/aromatic N) is 1. The van der Waals surface area contributed by atoms with E-state index in [1.54, 1.807) is 0 Å². The predicted molar refractivity (Wildman–Crippen MR) is 115 cm³/mol. The van der Waals surface area contributed by atoms with Crippen molar-refractivity contribution in [3.05, 3.63) is 54.9 Å². The first kappa shape index (κ1) is 24.5. The van der Waals surface area contributed by atoms with Gasteiger partial charge in [0.15, 0.2) is 0 Å². The summed E-state index contributed by atoms with van der Waals surface area (Å²) in [5.74, 6) is 0.898. The number of aromatic nitrogens is 1. The summed E-state index contributed by atoms with van der Waals surface area (Å²) in [6, 6.07) is 2.05. The fourth-order valence-electron chi connectivity index (χ4n) is 2.28. The van der Waals surface area contributed by atoms with E-state index in [1.807, 2.05) is 39.0 Å². The highest BCUT2D eigenvalue weighted by molar-refractivity contribution is 5.69. The van der Waals surface area contributed by atoms with Gasteiger partial charge in [-0.15, -0.1) is 0 Å². The van der Waals surface area contributed by atoms with Crippen LogP contribution in [0.1, 0.15) is 79.0 Å². The van der Waals surface area contributed by atoms with Crippen LogP contribution in [0.5, 0.6) is 0 Å². The second-order valence-corrected chi connectivity index (χ2v) is 5.65. The molecular formula is C23H39N. The standard InChI is InChI=1S/C15H19N.C6H14.C2H6/c1-5-9-14(10-6-2)16-12-11-13(7-3)15(16)8-4;1-4-5-6(2)3;1-2/h5,7-12H,3-4,6H2,1-2H3;6H,4-5H2,1-3H3;1-2H3/b9-5-,14-10+;;. The lowest BCUT2D eigenvalue weighted by Crippen LogP contribution is -1.96. The zero-order chi connectivity index (χ0) is 19.0. The number of rotatable bonds is 7. The molecule has 0 fully saturated rings. The molecule has 1 aromatic heterocycles. The lowest BCUT2D eigenvalue weighted by molar-refractivity contribution is 0.576. The van der Waals surface area contributed by atoms with E-state index in [0.29, 0.717) is 0 Å². The fourth-order valence-corrected chi connectivity index (χ4v) is 2.28. The van der Waals surface area contributed by atoms with Crippen LogP contribution in [0.4, 0.5) is 0 Å². The molecule has 1 heterocycles. The Morgan fingerprint density at radius 1 is 1.17 bits per heavy atom. The summed E-state index contributed by atoms with van der Waals surface area (Å²) in [4.78, 5) is 0. The van der Waals surface area contributed by atoms with E-state index < -0.39 is 0 Å². The molecule has 24 heavy (non-hydrogen) atoms. The van der Waals surface area contributed by atoms with Gasteiger partial charge in [0, 0.05) is 11.9 Å². The van der Waals surface area contributed by atoms with Crippen molar-refractivity contribution in [3.63, 3.8) is 0 Å². The maximum Gasteiger partial charge on any atom is 0.0522 e. The van der Waals surface area contributed by atoms with Gasteiger partial charge in [-0.1, -0.05) is 85.8 Å². The van der Waals surface area contributed by atoms with Crippen molar-refractivity contribution in [2.45, 2.75) is 67.7 Å². The highest BCUT2D eigenvalue weighted by Crippen LogP contribution is 2.19. The minimum atomic E-state index is 0.898. The van der Waals surface area contributed by atoms with Gasteiger partial charge in [-0.3, -0.25) is 0 Å². The molecule has 0 saturated heterocycles. The molecule has 0 radical (unpaired) electrons. The van der Waals surface area contributed by atoms with Crippen molar-refractivity contribution < 1.29 is 0 Å². The Balaban J connectivity index is 0. The average Bonchev–Trinajstić information content (AvgIpc) is 2.99. The third-order valence-electron chi connectivity index (χ3n) is 3.27. The summed E-state index contributed by atoms with van der Waals surface area (Å²) in [5, 5.41) is 0. The molecule has 0 amide bonds. The van der Waals surface area contributed by atoms with Crippen LogP contribution in [0, 0.1) is 5.92 Å². The molecule has 0 bridgehead atoms. The zero-order valence-electron chi connectivity index (χ0n) is 17.1. The van der Waals surface area contributed by atoms with Crippen molar-refractivity contribution in [2.75, 3.05) is 0 Å². The van der Waals surface area contributed by atoms with Crippen molar-refractivity contribution >= 4 is 17.8 Å². The third kappa shape index (κ3) is 9.39. The van der Waals surface area contributed by atoms with E-state index in [9.17, 15) is 0 Å². The quantitative estimate of drug-likeness (QED) is 0.446. The molecule has 1 aromatic rings. The van der Waals surface area contributed by atoms with Crippen LogP contribution in [0.2, 0.25) is 0 Å². The zero-order valence-corrected chi connectivity index (χ0v) is 17.1. The summed E-state index contributed by atoms with van der Waals surface area (Å²) >= 11 is 0. The molecule has 0 aliphatic carbocycles. The fraction of sp³-hybridized carbons (Fsp3) is 0.478. The first-order valence-electron chi connectivity index (χ1n) is 9.34. The molecule has 0 saturated carbocycles. The van der Waals surface area contributed by atoms with Gasteiger partial charge in [-0.05, 0) is 43.0 Å². The van der Waals surface area contributed by atoms with Crippen LogP contribution < -0.4 is 0 Å². The van der Waals surface area contributed by atoms with Crippen molar-refractivity contribution in [3.8, 4) is 0 Å². The lowest BCUT2D eigenvalue weighted by Gasteiger charge is -2.08. The maximum absolute atomic E-state index is 3.86. The first-order chi connectivity index (χ1) is 11.5. The second-order valence-electron chi connectivity index (χ2n) is 5.65. The second kappa shape index (κ2) is 16.1. The third-order valence-corrected chi connectivity index (χ3v) is 3.27. The first-order valence-corrected chi connectivity index (χ1v) is 9.34. The van der Waals surface area contributed by atoms with Crippen molar-refractivity contribution in [1.82, 2.24) is 4.57 Å². The Kier molecular flexibility index (Phi) is 16.4. The van der Waals surface area contributed by atoms with Crippen LogP contribution in [0.3, 0.4) is 0 Å². The molecular weight excluding hydrogens is 290 g/mol. The van der Waals surface area contributed by atoms with E-state index >= 15 is 0 Å². The molecule has 0 aromatic carbocycles. The van der Waals surface area contributed by atoms with E-state index in [1.165, 1.54) is 18.5 Å². The summed E-state index contributed by atoms with van der Waals surface area (Å²) in [5.41, 5.74) is 3.38. The van der Waals surface area contributed by atoms with Gasteiger partial charge in [-0.25, -0.2) is 0 Å². The maximum atomic E-state index is 3.86. The topological polar surface area (TPSA) is 4.93 Å². The summed E-state index contributed by atoms with van der Waals surface area (Å²) < 4.78 is 2.13. The van der Waals surface area contributed by atoms with Gasteiger partial charge in [0.2, 0.25) is 0 Å². The van der Waals surface area contributed by atoms with E-state index in [4.69, 9.17) is 0 Å². The van der Waals surface area contributed by atoms with Crippen LogP contribution in [0.25, 0.3) is 17.8 Å². The monoisotopic (exact) mass is 329 g/mol. The molecule has 0 atom stereocenters. The van der Waals surface area contributed by atoms with Gasteiger partial charge < -0.3 is 4.57 Å². The van der Waals surface area contributed by atoms with Gasteiger partial charge in [0.25, 0.3) is 0 Å². The molecule has 0 aliphatic rings. The summed E-state index contributed by atoms with van der Waals surface area (Å²) in [6.07, 6.45) is 15.8. The minimum absolute atomic E-state index is 0.898. The largest absolute Gasteiger partial charge is 0.317 e. The van der Waals surface area contributed by atoms with Gasteiger partial charge in [0.1, 0.15) is 0 Å². The molecule has 0 N–H and O–H groups in total. The number of allylic oxidation sites excluding steroid dienone is 4. The Morgan fingerprint density at radius 3 is 2.12 bits per heavy atom. The number of hydrogen-bond acceptors (Lipinski definition) is 0. The predicted octanol–water partition coefficient (Wildman–Crippen LogP) is 8.07. The van der Waals surface area contributed by atoms with Crippen LogP contribution in [-0.2, 0) is 0 Å². The minimum Gasteiger partial charge on any atom is -0.317 e. The van der Waals surface area contributed by atoms with E-state index in [2.05, 4.69) is 69.8 Å². The van der Waals surface area contributed by atoms with Crippen molar-refractivity contribution in [2.24, 2.45) is 5.92 Å². The molecule has 1 nitrogen and oxygen atoms in total. The SMILES string of the molecule is C=Cc1ccn(C(/C=C\C)=C/CC)c1C=C.CC.CCCC(C)C. The average molecular weight is 330 g/mol. The Bertz CT molecular complexity index is 498. The molecule has 0 unspecified atom stereocenters. The lowest BCUT2D eigenvalue weighted by atomic mass is 10.1. The van der Waals surface area contributed by atoms with Gasteiger partial charge >= 0.3 is 0 Å². The van der Waals surface area contributed by atoms with Crippen LogP contribution in [0.15, 0.2) is 43.6 Å². The van der Waals surface area contributed by atoms with Crippen LogP contribution >= 0.6 is 0 Å². The molecule has 0 aliphatic heterocycles. The Hall–Kier alpha value is -1.76. The molecule has 1 rings (SSSR count). The molecule has 136 valence electrons. The van der Waals surface area contributed by atoms with E-state index in [-0.39, 0.29) is 0 Å². The molecule has 1 heteroatoms. The smallest absolute Gasteiger partial charge is 0.0522 e. The van der Waals surface area contributed by atoms with E-state index in [0.717, 1.165) is 23.6 Å². The Morgan fingerprint density at radius 2 is 1.79 bits per heavy atom. The summed E-state index contributed by atoms with van der Waals surface area (Å²) in [7, 11) is 0. The summed E-state index contributed by atoms with van der Waals surface area (Å²) in [6.45, 7) is 22.5. The van der Waals surface area contributed by atoms with Crippen molar-refractivity contribution in [1.29, 1.82) is 0 Å². The number of hydrogen-bond donors (Lipinski definition) is 0. The van der Waals surface area contributed by atoms with Gasteiger partial charge in [0.05, 0.1) is 5.69 Å². The Labute approximate surface area is 151 Å².